The van der Waals surface area contributed by atoms with Crippen LogP contribution in [0.15, 0.2) is 40.8 Å². The smallest absolute Gasteiger partial charge is 0.371 e. The van der Waals surface area contributed by atoms with E-state index in [2.05, 4.69) is 0 Å². The predicted molar refractivity (Wildman–Crippen MR) is 79.8 cm³/mol. The number of halogens is 1. The molecule has 2 aromatic rings. The first-order valence-electron chi connectivity index (χ1n) is 7.43. The highest BCUT2D eigenvalue weighted by Gasteiger charge is 2.31. The van der Waals surface area contributed by atoms with Crippen molar-refractivity contribution in [2.75, 3.05) is 6.54 Å². The summed E-state index contributed by atoms with van der Waals surface area (Å²) in [6, 6.07) is 8.95. The van der Waals surface area contributed by atoms with Gasteiger partial charge in [-0.25, -0.2) is 9.18 Å². The summed E-state index contributed by atoms with van der Waals surface area (Å²) in [5, 5.41) is 8.86. The summed E-state index contributed by atoms with van der Waals surface area (Å²) in [6.45, 7) is 0.585. The van der Waals surface area contributed by atoms with Crippen molar-refractivity contribution in [3.05, 3.63) is 59.3 Å². The van der Waals surface area contributed by atoms with Crippen LogP contribution in [0.5, 0.6) is 0 Å². The van der Waals surface area contributed by atoms with Gasteiger partial charge in [0.2, 0.25) is 5.76 Å². The van der Waals surface area contributed by atoms with Crippen molar-refractivity contribution in [2.45, 2.75) is 25.3 Å². The van der Waals surface area contributed by atoms with Gasteiger partial charge in [-0.2, -0.15) is 0 Å². The first-order valence-corrected chi connectivity index (χ1v) is 7.43. The van der Waals surface area contributed by atoms with E-state index in [1.165, 1.54) is 24.3 Å². The SMILES string of the molecule is O=C(O)c1ccc(C(=O)N2CCC[C@H]2Cc2cccc(F)c2)o1. The van der Waals surface area contributed by atoms with Crippen LogP contribution in [0.4, 0.5) is 4.39 Å². The zero-order valence-corrected chi connectivity index (χ0v) is 12.4. The minimum Gasteiger partial charge on any atom is -0.475 e. The second-order valence-corrected chi connectivity index (χ2v) is 5.60. The van der Waals surface area contributed by atoms with Gasteiger partial charge in [-0.3, -0.25) is 4.79 Å². The molecule has 0 radical (unpaired) electrons. The number of aromatic carboxylic acids is 1. The molecule has 0 saturated carbocycles. The molecule has 1 aliphatic rings. The Morgan fingerprint density at radius 2 is 2.04 bits per heavy atom. The summed E-state index contributed by atoms with van der Waals surface area (Å²) < 4.78 is 18.4. The number of carboxylic acids is 1. The van der Waals surface area contributed by atoms with Gasteiger partial charge in [-0.05, 0) is 49.1 Å². The Morgan fingerprint density at radius 3 is 2.74 bits per heavy atom. The summed E-state index contributed by atoms with van der Waals surface area (Å²) in [7, 11) is 0. The van der Waals surface area contributed by atoms with Crippen molar-refractivity contribution >= 4 is 11.9 Å². The molecule has 5 nitrogen and oxygen atoms in total. The number of rotatable bonds is 4. The summed E-state index contributed by atoms with van der Waals surface area (Å²) in [5.41, 5.74) is 0.834. The fourth-order valence-electron chi connectivity index (χ4n) is 2.96. The van der Waals surface area contributed by atoms with Gasteiger partial charge in [0.15, 0.2) is 5.76 Å². The molecule has 1 aromatic carbocycles. The molecule has 1 fully saturated rings. The van der Waals surface area contributed by atoms with Crippen LogP contribution in [0.2, 0.25) is 0 Å². The molecule has 1 atom stereocenters. The van der Waals surface area contributed by atoms with Crippen LogP contribution >= 0.6 is 0 Å². The molecule has 1 aliphatic heterocycles. The van der Waals surface area contributed by atoms with Crippen molar-refractivity contribution in [3.8, 4) is 0 Å². The number of carbonyl (C=O) groups is 2. The number of carbonyl (C=O) groups excluding carboxylic acids is 1. The maximum atomic E-state index is 13.3. The highest BCUT2D eigenvalue weighted by atomic mass is 19.1. The third-order valence-corrected chi connectivity index (χ3v) is 4.03. The lowest BCUT2D eigenvalue weighted by molar-refractivity contribution is 0.0646. The first kappa shape index (κ1) is 15.3. The fourth-order valence-corrected chi connectivity index (χ4v) is 2.96. The molecular formula is C17H16FNO4. The van der Waals surface area contributed by atoms with Crippen molar-refractivity contribution < 1.29 is 23.5 Å². The number of likely N-dealkylation sites (tertiary alicyclic amines) is 1. The number of hydrogen-bond acceptors (Lipinski definition) is 3. The second kappa shape index (κ2) is 6.24. The van der Waals surface area contributed by atoms with E-state index in [1.807, 2.05) is 6.07 Å². The molecule has 0 unspecified atom stereocenters. The van der Waals surface area contributed by atoms with Gasteiger partial charge in [0.1, 0.15) is 5.82 Å². The quantitative estimate of drug-likeness (QED) is 0.941. The Labute approximate surface area is 132 Å². The Morgan fingerprint density at radius 1 is 1.26 bits per heavy atom. The topological polar surface area (TPSA) is 70.8 Å². The Balaban J connectivity index is 1.75. The lowest BCUT2D eigenvalue weighted by Gasteiger charge is -2.24. The third kappa shape index (κ3) is 3.26. The second-order valence-electron chi connectivity index (χ2n) is 5.60. The summed E-state index contributed by atoms with van der Waals surface area (Å²) >= 11 is 0. The number of benzene rings is 1. The van der Waals surface area contributed by atoms with Crippen LogP contribution < -0.4 is 0 Å². The number of nitrogens with zero attached hydrogens (tertiary/aromatic N) is 1. The lowest BCUT2D eigenvalue weighted by atomic mass is 10.0. The minimum absolute atomic E-state index is 0.0218. The third-order valence-electron chi connectivity index (χ3n) is 4.03. The van der Waals surface area contributed by atoms with E-state index >= 15 is 0 Å². The van der Waals surface area contributed by atoms with Crippen LogP contribution in [0, 0.1) is 5.82 Å². The van der Waals surface area contributed by atoms with Crippen molar-refractivity contribution in [1.29, 1.82) is 0 Å². The van der Waals surface area contributed by atoms with Gasteiger partial charge in [-0.1, -0.05) is 12.1 Å². The molecule has 1 saturated heterocycles. The normalized spacial score (nSPS) is 17.4. The standard InChI is InChI=1S/C17H16FNO4/c18-12-4-1-3-11(9-12)10-13-5-2-8-19(13)16(20)14-6-7-15(23-14)17(21)22/h1,3-4,6-7,9,13H,2,5,8,10H2,(H,21,22)/t13-/m0/s1. The van der Waals surface area contributed by atoms with Crippen LogP contribution in [0.25, 0.3) is 0 Å². The van der Waals surface area contributed by atoms with Gasteiger partial charge in [0.25, 0.3) is 5.91 Å². The monoisotopic (exact) mass is 317 g/mol. The Hall–Kier alpha value is -2.63. The summed E-state index contributed by atoms with van der Waals surface area (Å²) in [5.74, 6) is -2.06. The molecule has 1 aromatic heterocycles. The van der Waals surface area contributed by atoms with E-state index in [4.69, 9.17) is 9.52 Å². The Kier molecular flexibility index (Phi) is 4.14. The molecule has 6 heteroatoms. The molecule has 1 N–H and O–H groups in total. The fraction of sp³-hybridized carbons (Fsp3) is 0.294. The van der Waals surface area contributed by atoms with Crippen molar-refractivity contribution in [2.24, 2.45) is 0 Å². The van der Waals surface area contributed by atoms with E-state index in [0.29, 0.717) is 13.0 Å². The van der Waals surface area contributed by atoms with Gasteiger partial charge in [-0.15, -0.1) is 0 Å². The lowest BCUT2D eigenvalue weighted by Crippen LogP contribution is -2.36. The van der Waals surface area contributed by atoms with E-state index < -0.39 is 5.97 Å². The number of amides is 1. The largest absolute Gasteiger partial charge is 0.475 e. The molecule has 1 amide bonds. The van der Waals surface area contributed by atoms with Crippen molar-refractivity contribution in [1.82, 2.24) is 4.90 Å². The molecule has 3 rings (SSSR count). The van der Waals surface area contributed by atoms with E-state index in [9.17, 15) is 14.0 Å². The van der Waals surface area contributed by atoms with Gasteiger partial charge in [0.05, 0.1) is 0 Å². The van der Waals surface area contributed by atoms with E-state index in [0.717, 1.165) is 18.4 Å². The highest BCUT2D eigenvalue weighted by molar-refractivity contribution is 5.93. The number of hydrogen-bond donors (Lipinski definition) is 1. The zero-order chi connectivity index (χ0) is 16.4. The average Bonchev–Trinajstić information content (AvgIpc) is 3.15. The summed E-state index contributed by atoms with van der Waals surface area (Å²) in [6.07, 6.45) is 2.25. The molecule has 120 valence electrons. The minimum atomic E-state index is -1.21. The first-order chi connectivity index (χ1) is 11.0. The zero-order valence-electron chi connectivity index (χ0n) is 12.4. The Bertz CT molecular complexity index is 740. The molecule has 0 bridgehead atoms. The van der Waals surface area contributed by atoms with Gasteiger partial charge in [0, 0.05) is 12.6 Å². The predicted octanol–water partition coefficient (Wildman–Crippen LogP) is 2.96. The number of furan rings is 1. The van der Waals surface area contributed by atoms with Crippen LogP contribution in [-0.2, 0) is 6.42 Å². The average molecular weight is 317 g/mol. The van der Waals surface area contributed by atoms with E-state index in [1.54, 1.807) is 11.0 Å². The molecule has 0 aliphatic carbocycles. The summed E-state index contributed by atoms with van der Waals surface area (Å²) in [4.78, 5) is 25.0. The van der Waals surface area contributed by atoms with Gasteiger partial charge < -0.3 is 14.4 Å². The highest BCUT2D eigenvalue weighted by Crippen LogP contribution is 2.24. The van der Waals surface area contributed by atoms with Crippen LogP contribution in [0.1, 0.15) is 39.5 Å². The maximum absolute atomic E-state index is 13.3. The molecule has 23 heavy (non-hydrogen) atoms. The maximum Gasteiger partial charge on any atom is 0.371 e. The van der Waals surface area contributed by atoms with E-state index in [-0.39, 0.29) is 29.3 Å². The molecular weight excluding hydrogens is 301 g/mol. The molecule has 0 spiro atoms. The number of carboxylic acid groups (broad SMARTS) is 1. The van der Waals surface area contributed by atoms with Crippen molar-refractivity contribution in [3.63, 3.8) is 0 Å². The molecule has 2 heterocycles. The van der Waals surface area contributed by atoms with Gasteiger partial charge >= 0.3 is 5.97 Å². The van der Waals surface area contributed by atoms with Crippen LogP contribution in [0.3, 0.4) is 0 Å². The van der Waals surface area contributed by atoms with Crippen LogP contribution in [-0.4, -0.2) is 34.5 Å².